The first-order valence-corrected chi connectivity index (χ1v) is 9.60. The maximum atomic E-state index is 11.9. The van der Waals surface area contributed by atoms with Crippen molar-refractivity contribution in [1.29, 1.82) is 0 Å². The fourth-order valence-corrected chi connectivity index (χ4v) is 3.61. The first-order valence-electron chi connectivity index (χ1n) is 8.45. The van der Waals surface area contributed by atoms with Gasteiger partial charge in [-0.15, -0.1) is 11.8 Å². The second-order valence-electron chi connectivity index (χ2n) is 6.27. The monoisotopic (exact) mass is 335 g/mol. The zero-order chi connectivity index (χ0) is 16.5. The third kappa shape index (κ3) is 6.94. The van der Waals surface area contributed by atoms with Gasteiger partial charge in [-0.1, -0.05) is 24.3 Å². The standard InChI is InChI=1S/C18H29N3OS/c1-16-6-3-4-7-17(16)14-23-15-18(22)19-8-5-9-21-12-10-20(2)11-13-21/h3-4,6-7H,5,8-15H2,1-2H3,(H,19,22). The summed E-state index contributed by atoms with van der Waals surface area (Å²) in [4.78, 5) is 16.7. The van der Waals surface area contributed by atoms with Crippen LogP contribution in [0.15, 0.2) is 24.3 Å². The number of carbonyl (C=O) groups excluding carboxylic acids is 1. The van der Waals surface area contributed by atoms with Crippen LogP contribution in [-0.2, 0) is 10.5 Å². The first kappa shape index (κ1) is 18.3. The molecule has 1 heterocycles. The van der Waals surface area contributed by atoms with E-state index >= 15 is 0 Å². The van der Waals surface area contributed by atoms with E-state index in [0.29, 0.717) is 5.75 Å². The summed E-state index contributed by atoms with van der Waals surface area (Å²) in [5.41, 5.74) is 2.62. The van der Waals surface area contributed by atoms with E-state index in [1.807, 2.05) is 0 Å². The zero-order valence-electron chi connectivity index (χ0n) is 14.4. The number of nitrogens with one attached hydrogen (secondary N) is 1. The van der Waals surface area contributed by atoms with E-state index in [4.69, 9.17) is 0 Å². The molecule has 128 valence electrons. The van der Waals surface area contributed by atoms with Gasteiger partial charge in [0.05, 0.1) is 5.75 Å². The lowest BCUT2D eigenvalue weighted by Gasteiger charge is -2.32. The number of rotatable bonds is 8. The molecule has 0 unspecified atom stereocenters. The van der Waals surface area contributed by atoms with Gasteiger partial charge in [-0.3, -0.25) is 4.79 Å². The molecule has 0 bridgehead atoms. The van der Waals surface area contributed by atoms with Crippen LogP contribution in [0.4, 0.5) is 0 Å². The quantitative estimate of drug-likeness (QED) is 0.737. The number of nitrogens with zero attached hydrogens (tertiary/aromatic N) is 2. The fraction of sp³-hybridized carbons (Fsp3) is 0.611. The van der Waals surface area contributed by atoms with E-state index in [1.165, 1.54) is 11.1 Å². The molecule has 0 aliphatic carbocycles. The van der Waals surface area contributed by atoms with Crippen molar-refractivity contribution in [2.24, 2.45) is 0 Å². The molecule has 4 nitrogen and oxygen atoms in total. The smallest absolute Gasteiger partial charge is 0.230 e. The van der Waals surface area contributed by atoms with Gasteiger partial charge in [0.1, 0.15) is 0 Å². The molecule has 1 aromatic carbocycles. The van der Waals surface area contributed by atoms with Gasteiger partial charge in [0.25, 0.3) is 0 Å². The molecule has 1 aliphatic rings. The van der Waals surface area contributed by atoms with Crippen LogP contribution >= 0.6 is 11.8 Å². The predicted molar refractivity (Wildman–Crippen MR) is 98.9 cm³/mol. The van der Waals surface area contributed by atoms with Crippen molar-refractivity contribution in [2.75, 3.05) is 52.1 Å². The normalized spacial score (nSPS) is 16.4. The molecule has 1 amide bonds. The van der Waals surface area contributed by atoms with Crippen molar-refractivity contribution in [2.45, 2.75) is 19.1 Å². The summed E-state index contributed by atoms with van der Waals surface area (Å²) in [6.07, 6.45) is 1.04. The van der Waals surface area contributed by atoms with E-state index < -0.39 is 0 Å². The largest absolute Gasteiger partial charge is 0.355 e. The molecule has 1 aliphatic heterocycles. The maximum Gasteiger partial charge on any atom is 0.230 e. The van der Waals surface area contributed by atoms with Crippen LogP contribution in [-0.4, -0.2) is 67.8 Å². The first-order chi connectivity index (χ1) is 11.1. The Labute approximate surface area is 144 Å². The number of hydrogen-bond donors (Lipinski definition) is 1. The van der Waals surface area contributed by atoms with Crippen molar-refractivity contribution in [3.05, 3.63) is 35.4 Å². The number of hydrogen-bond acceptors (Lipinski definition) is 4. The Morgan fingerprint density at radius 2 is 1.96 bits per heavy atom. The van der Waals surface area contributed by atoms with E-state index in [2.05, 4.69) is 53.4 Å². The lowest BCUT2D eigenvalue weighted by molar-refractivity contribution is -0.118. The van der Waals surface area contributed by atoms with Crippen molar-refractivity contribution in [1.82, 2.24) is 15.1 Å². The molecule has 1 saturated heterocycles. The van der Waals surface area contributed by atoms with Gasteiger partial charge in [0.15, 0.2) is 0 Å². The molecule has 1 N–H and O–H groups in total. The molecule has 1 fully saturated rings. The summed E-state index contributed by atoms with van der Waals surface area (Å²) in [5.74, 6) is 1.60. The van der Waals surface area contributed by atoms with Gasteiger partial charge in [-0.2, -0.15) is 0 Å². The lowest BCUT2D eigenvalue weighted by atomic mass is 10.1. The topological polar surface area (TPSA) is 35.6 Å². The van der Waals surface area contributed by atoms with Crippen molar-refractivity contribution in [3.8, 4) is 0 Å². The van der Waals surface area contributed by atoms with Gasteiger partial charge in [-0.05, 0) is 38.1 Å². The zero-order valence-corrected chi connectivity index (χ0v) is 15.2. The Balaban J connectivity index is 1.51. The lowest BCUT2D eigenvalue weighted by Crippen LogP contribution is -2.45. The molecule has 2 rings (SSSR count). The third-order valence-corrected chi connectivity index (χ3v) is 5.30. The number of benzene rings is 1. The van der Waals surface area contributed by atoms with Crippen LogP contribution in [0.5, 0.6) is 0 Å². The average molecular weight is 336 g/mol. The Morgan fingerprint density at radius 1 is 1.22 bits per heavy atom. The van der Waals surface area contributed by atoms with Crippen LogP contribution < -0.4 is 5.32 Å². The fourth-order valence-electron chi connectivity index (χ4n) is 2.68. The highest BCUT2D eigenvalue weighted by Crippen LogP contribution is 2.15. The summed E-state index contributed by atoms with van der Waals surface area (Å²) in [6, 6.07) is 8.36. The molecule has 23 heavy (non-hydrogen) atoms. The number of likely N-dealkylation sites (N-methyl/N-ethyl adjacent to an activating group) is 1. The Kier molecular flexibility index (Phi) is 7.92. The van der Waals surface area contributed by atoms with Crippen LogP contribution in [0.2, 0.25) is 0 Å². The Bertz CT molecular complexity index is 487. The van der Waals surface area contributed by atoms with Crippen LogP contribution in [0.3, 0.4) is 0 Å². The van der Waals surface area contributed by atoms with Gasteiger partial charge in [0.2, 0.25) is 5.91 Å². The van der Waals surface area contributed by atoms with Crippen molar-refractivity contribution < 1.29 is 4.79 Å². The Morgan fingerprint density at radius 3 is 2.70 bits per heavy atom. The average Bonchev–Trinajstić information content (AvgIpc) is 2.55. The van der Waals surface area contributed by atoms with Crippen LogP contribution in [0.1, 0.15) is 17.5 Å². The molecule has 0 aromatic heterocycles. The van der Waals surface area contributed by atoms with Crippen LogP contribution in [0, 0.1) is 6.92 Å². The summed E-state index contributed by atoms with van der Waals surface area (Å²) in [7, 11) is 2.17. The molecular weight excluding hydrogens is 306 g/mol. The highest BCUT2D eigenvalue weighted by atomic mass is 32.2. The molecule has 0 spiro atoms. The highest BCUT2D eigenvalue weighted by molar-refractivity contribution is 7.99. The van der Waals surface area contributed by atoms with Gasteiger partial charge in [-0.25, -0.2) is 0 Å². The number of carbonyl (C=O) groups is 1. The SMILES string of the molecule is Cc1ccccc1CSCC(=O)NCCCN1CCN(C)CC1. The number of piperazine rings is 1. The number of amides is 1. The Hall–Kier alpha value is -1.04. The third-order valence-electron chi connectivity index (χ3n) is 4.32. The summed E-state index contributed by atoms with van der Waals surface area (Å²) in [6.45, 7) is 8.60. The molecule has 1 aromatic rings. The molecule has 5 heteroatoms. The minimum atomic E-state index is 0.155. The molecular formula is C18H29N3OS. The van der Waals surface area contributed by atoms with E-state index in [9.17, 15) is 4.79 Å². The highest BCUT2D eigenvalue weighted by Gasteiger charge is 2.12. The number of aryl methyl sites for hydroxylation is 1. The summed E-state index contributed by atoms with van der Waals surface area (Å²) < 4.78 is 0. The molecule has 0 radical (unpaired) electrons. The van der Waals surface area contributed by atoms with Crippen molar-refractivity contribution in [3.63, 3.8) is 0 Å². The van der Waals surface area contributed by atoms with Gasteiger partial charge < -0.3 is 15.1 Å². The predicted octanol–water partition coefficient (Wildman–Crippen LogP) is 1.98. The van der Waals surface area contributed by atoms with E-state index in [-0.39, 0.29) is 5.91 Å². The minimum Gasteiger partial charge on any atom is -0.355 e. The molecule has 0 atom stereocenters. The second kappa shape index (κ2) is 9.96. The second-order valence-corrected chi connectivity index (χ2v) is 7.25. The van der Waals surface area contributed by atoms with E-state index in [1.54, 1.807) is 11.8 Å². The van der Waals surface area contributed by atoms with E-state index in [0.717, 1.165) is 51.4 Å². The summed E-state index contributed by atoms with van der Waals surface area (Å²) >= 11 is 1.69. The van der Waals surface area contributed by atoms with Gasteiger partial charge >= 0.3 is 0 Å². The van der Waals surface area contributed by atoms with Crippen LogP contribution in [0.25, 0.3) is 0 Å². The van der Waals surface area contributed by atoms with Crippen molar-refractivity contribution >= 4 is 17.7 Å². The minimum absolute atomic E-state index is 0.155. The number of thioether (sulfide) groups is 1. The maximum absolute atomic E-state index is 11.9. The summed E-state index contributed by atoms with van der Waals surface area (Å²) in [5, 5.41) is 3.04. The molecule has 0 saturated carbocycles. The van der Waals surface area contributed by atoms with Gasteiger partial charge in [0, 0.05) is 38.5 Å².